The molecule has 0 amide bonds. The lowest BCUT2D eigenvalue weighted by Crippen LogP contribution is -2.30. The number of nitrogens with zero attached hydrogens (tertiary/aromatic N) is 1. The molecule has 0 aliphatic rings. The minimum Gasteiger partial charge on any atom is -0.362 e. The normalized spacial score (nSPS) is 10.1. The first kappa shape index (κ1) is 15.8. The number of aromatic nitrogens is 1. The summed E-state index contributed by atoms with van der Waals surface area (Å²) in [6.07, 6.45) is 3.48. The minimum atomic E-state index is 0.650. The molecule has 0 saturated heterocycles. The Kier molecular flexibility index (Phi) is 6.50. The first-order valence-electron chi connectivity index (χ1n) is 6.82. The van der Waals surface area contributed by atoms with Crippen molar-refractivity contribution in [3.05, 3.63) is 59.9 Å². The number of rotatable bonds is 6. The fourth-order valence-corrected chi connectivity index (χ4v) is 2.76. The van der Waals surface area contributed by atoms with Crippen LogP contribution in [-0.4, -0.2) is 22.4 Å². The van der Waals surface area contributed by atoms with E-state index in [2.05, 4.69) is 46.8 Å². The van der Waals surface area contributed by atoms with Crippen molar-refractivity contribution in [1.29, 1.82) is 0 Å². The summed E-state index contributed by atoms with van der Waals surface area (Å²) in [6.45, 7) is 2.96. The zero-order chi connectivity index (χ0) is 14.9. The van der Waals surface area contributed by atoms with Crippen LogP contribution in [0.4, 0.5) is 5.69 Å². The third kappa shape index (κ3) is 6.14. The monoisotopic (exact) mass is 317 g/mol. The number of pyridine rings is 1. The molecular weight excluding hydrogens is 298 g/mol. The van der Waals surface area contributed by atoms with E-state index in [-0.39, 0.29) is 0 Å². The quantitative estimate of drug-likeness (QED) is 0.629. The number of benzene rings is 1. The zero-order valence-corrected chi connectivity index (χ0v) is 13.6. The van der Waals surface area contributed by atoms with Gasteiger partial charge in [0.05, 0.1) is 0 Å². The summed E-state index contributed by atoms with van der Waals surface area (Å²) >= 11 is 7.14. The lowest BCUT2D eigenvalue weighted by molar-refractivity contribution is 0.989. The van der Waals surface area contributed by atoms with Gasteiger partial charge in [-0.2, -0.15) is 11.8 Å². The van der Waals surface area contributed by atoms with Crippen molar-refractivity contribution in [3.8, 4) is 0 Å². The first-order chi connectivity index (χ1) is 10.2. The Morgan fingerprint density at radius 1 is 1.14 bits per heavy atom. The molecule has 0 atom stereocenters. The molecule has 0 spiro atoms. The molecule has 2 aromatic rings. The molecule has 0 unspecified atom stereocenters. The van der Waals surface area contributed by atoms with E-state index in [1.807, 2.05) is 23.9 Å². The van der Waals surface area contributed by atoms with Crippen LogP contribution in [0.2, 0.25) is 0 Å². The van der Waals surface area contributed by atoms with Gasteiger partial charge in [-0.3, -0.25) is 4.98 Å². The molecule has 1 aromatic heterocycles. The van der Waals surface area contributed by atoms with Gasteiger partial charge in [-0.05, 0) is 36.8 Å². The summed E-state index contributed by atoms with van der Waals surface area (Å²) in [6, 6.07) is 12.5. The minimum absolute atomic E-state index is 0.650. The Morgan fingerprint density at radius 2 is 1.86 bits per heavy atom. The van der Waals surface area contributed by atoms with Crippen LogP contribution >= 0.6 is 24.0 Å². The molecule has 0 saturated carbocycles. The molecule has 5 heteroatoms. The fourth-order valence-electron chi connectivity index (χ4n) is 1.72. The van der Waals surface area contributed by atoms with E-state index in [4.69, 9.17) is 12.2 Å². The van der Waals surface area contributed by atoms with Crippen molar-refractivity contribution in [2.45, 2.75) is 12.7 Å². The summed E-state index contributed by atoms with van der Waals surface area (Å²) in [5, 5.41) is 6.98. The van der Waals surface area contributed by atoms with Gasteiger partial charge in [0.15, 0.2) is 5.11 Å². The maximum Gasteiger partial charge on any atom is 0.170 e. The van der Waals surface area contributed by atoms with Crippen LogP contribution in [0.15, 0.2) is 48.8 Å². The highest BCUT2D eigenvalue weighted by Crippen LogP contribution is 2.12. The Labute approximate surface area is 135 Å². The number of thiocarbonyl (C=S) groups is 1. The maximum atomic E-state index is 5.24. The first-order valence-corrected chi connectivity index (χ1v) is 8.38. The highest BCUT2D eigenvalue weighted by atomic mass is 32.2. The number of thioether (sulfide) groups is 1. The predicted molar refractivity (Wildman–Crippen MR) is 95.8 cm³/mol. The second-order valence-electron chi connectivity index (χ2n) is 4.65. The summed E-state index contributed by atoms with van der Waals surface area (Å²) in [5.74, 6) is 2.05. The smallest absolute Gasteiger partial charge is 0.170 e. The number of nitrogens with one attached hydrogen (secondary N) is 2. The average Bonchev–Trinajstić information content (AvgIpc) is 2.50. The molecule has 1 heterocycles. The largest absolute Gasteiger partial charge is 0.362 e. The van der Waals surface area contributed by atoms with Gasteiger partial charge in [-0.25, -0.2) is 0 Å². The van der Waals surface area contributed by atoms with E-state index in [9.17, 15) is 0 Å². The number of aryl methyl sites for hydroxylation is 1. The van der Waals surface area contributed by atoms with Gasteiger partial charge in [-0.15, -0.1) is 0 Å². The van der Waals surface area contributed by atoms with Crippen molar-refractivity contribution in [1.82, 2.24) is 10.3 Å². The lowest BCUT2D eigenvalue weighted by atomic mass is 10.2. The summed E-state index contributed by atoms with van der Waals surface area (Å²) < 4.78 is 0. The summed E-state index contributed by atoms with van der Waals surface area (Å²) in [4.78, 5) is 3.97. The van der Waals surface area contributed by atoms with Crippen LogP contribution in [0.25, 0.3) is 0 Å². The van der Waals surface area contributed by atoms with Crippen molar-refractivity contribution in [3.63, 3.8) is 0 Å². The molecular formula is C16H19N3S2. The van der Waals surface area contributed by atoms with Crippen LogP contribution in [0, 0.1) is 6.92 Å². The van der Waals surface area contributed by atoms with Crippen LogP contribution in [0.5, 0.6) is 0 Å². The zero-order valence-electron chi connectivity index (χ0n) is 12.0. The number of anilines is 1. The van der Waals surface area contributed by atoms with Gasteiger partial charge in [0.25, 0.3) is 0 Å². The standard InChI is InChI=1S/C16H19N3S2/c1-13-2-4-14(5-3-13)12-21-11-10-18-16(20)19-15-6-8-17-9-7-15/h2-9H,10-12H2,1H3,(H2,17,18,19,20). The van der Waals surface area contributed by atoms with Gasteiger partial charge in [0.2, 0.25) is 0 Å². The third-order valence-electron chi connectivity index (χ3n) is 2.86. The molecule has 0 aliphatic heterocycles. The molecule has 0 bridgehead atoms. The van der Waals surface area contributed by atoms with Gasteiger partial charge in [0.1, 0.15) is 0 Å². The van der Waals surface area contributed by atoms with E-state index < -0.39 is 0 Å². The second-order valence-corrected chi connectivity index (χ2v) is 6.17. The van der Waals surface area contributed by atoms with Gasteiger partial charge >= 0.3 is 0 Å². The number of hydrogen-bond acceptors (Lipinski definition) is 3. The predicted octanol–water partition coefficient (Wildman–Crippen LogP) is 3.61. The Balaban J connectivity index is 1.59. The number of hydrogen-bond donors (Lipinski definition) is 2. The Hall–Kier alpha value is -1.59. The van der Waals surface area contributed by atoms with Crippen molar-refractivity contribution in [2.24, 2.45) is 0 Å². The molecule has 110 valence electrons. The molecule has 3 nitrogen and oxygen atoms in total. The molecule has 2 rings (SSSR count). The van der Waals surface area contributed by atoms with Gasteiger partial charge in [0, 0.05) is 36.1 Å². The molecule has 1 aromatic carbocycles. The maximum absolute atomic E-state index is 5.24. The van der Waals surface area contributed by atoms with E-state index in [0.29, 0.717) is 5.11 Å². The third-order valence-corrected chi connectivity index (χ3v) is 4.14. The molecule has 21 heavy (non-hydrogen) atoms. The van der Waals surface area contributed by atoms with Gasteiger partial charge < -0.3 is 10.6 Å². The second kappa shape index (κ2) is 8.64. The molecule has 0 aliphatic carbocycles. The van der Waals surface area contributed by atoms with Crippen molar-refractivity contribution >= 4 is 34.8 Å². The van der Waals surface area contributed by atoms with Crippen molar-refractivity contribution in [2.75, 3.05) is 17.6 Å². The van der Waals surface area contributed by atoms with Crippen LogP contribution in [0.1, 0.15) is 11.1 Å². The average molecular weight is 317 g/mol. The van der Waals surface area contributed by atoms with Crippen LogP contribution < -0.4 is 10.6 Å². The SMILES string of the molecule is Cc1ccc(CSCCNC(=S)Nc2ccncc2)cc1. The molecule has 0 radical (unpaired) electrons. The van der Waals surface area contributed by atoms with E-state index in [1.54, 1.807) is 12.4 Å². The highest BCUT2D eigenvalue weighted by Gasteiger charge is 1.97. The summed E-state index contributed by atoms with van der Waals surface area (Å²) in [7, 11) is 0. The molecule has 2 N–H and O–H groups in total. The fraction of sp³-hybridized carbons (Fsp3) is 0.250. The highest BCUT2D eigenvalue weighted by molar-refractivity contribution is 7.98. The van der Waals surface area contributed by atoms with E-state index >= 15 is 0 Å². The van der Waals surface area contributed by atoms with Crippen LogP contribution in [0.3, 0.4) is 0 Å². The lowest BCUT2D eigenvalue weighted by Gasteiger charge is -2.10. The Morgan fingerprint density at radius 3 is 2.57 bits per heavy atom. The van der Waals surface area contributed by atoms with Crippen molar-refractivity contribution < 1.29 is 0 Å². The van der Waals surface area contributed by atoms with E-state index in [1.165, 1.54) is 11.1 Å². The van der Waals surface area contributed by atoms with Gasteiger partial charge in [-0.1, -0.05) is 29.8 Å². The van der Waals surface area contributed by atoms with Crippen LogP contribution in [-0.2, 0) is 5.75 Å². The topological polar surface area (TPSA) is 37.0 Å². The van der Waals surface area contributed by atoms with E-state index in [0.717, 1.165) is 23.7 Å². The Bertz CT molecular complexity index is 555. The molecule has 0 fully saturated rings. The summed E-state index contributed by atoms with van der Waals surface area (Å²) in [5.41, 5.74) is 3.62.